The first kappa shape index (κ1) is 13.3. The van der Waals surface area contributed by atoms with Gasteiger partial charge in [-0.2, -0.15) is 0 Å². The van der Waals surface area contributed by atoms with Gasteiger partial charge in [0.05, 0.1) is 6.54 Å². The zero-order chi connectivity index (χ0) is 14.1. The van der Waals surface area contributed by atoms with E-state index in [1.165, 1.54) is 21.6 Å². The Morgan fingerprint density at radius 3 is 2.85 bits per heavy atom. The Morgan fingerprint density at radius 1 is 1.30 bits per heavy atom. The van der Waals surface area contributed by atoms with Crippen molar-refractivity contribution in [1.29, 1.82) is 0 Å². The number of nitrogens with zero attached hydrogens (tertiary/aromatic N) is 1. The fourth-order valence-electron chi connectivity index (χ4n) is 2.50. The van der Waals surface area contributed by atoms with E-state index in [9.17, 15) is 4.79 Å². The van der Waals surface area contributed by atoms with Crippen molar-refractivity contribution in [2.75, 3.05) is 7.05 Å². The molecule has 1 aromatic heterocycles. The molecule has 4 heteroatoms. The number of aryl methyl sites for hydroxylation is 1. The predicted molar refractivity (Wildman–Crippen MR) is 81.8 cm³/mol. The maximum Gasteiger partial charge on any atom is 0.253 e. The van der Waals surface area contributed by atoms with Crippen LogP contribution in [0.5, 0.6) is 0 Å². The third kappa shape index (κ3) is 2.49. The van der Waals surface area contributed by atoms with Crippen molar-refractivity contribution in [3.8, 4) is 0 Å². The molecule has 0 fully saturated rings. The maximum absolute atomic E-state index is 12.5. The molecule has 1 aliphatic rings. The van der Waals surface area contributed by atoms with E-state index in [0.717, 1.165) is 18.7 Å². The van der Waals surface area contributed by atoms with Crippen molar-refractivity contribution in [3.05, 3.63) is 56.8 Å². The second-order valence-electron chi connectivity index (χ2n) is 5.28. The molecule has 104 valence electrons. The molecule has 0 unspecified atom stereocenters. The van der Waals surface area contributed by atoms with Crippen LogP contribution in [0.3, 0.4) is 0 Å². The Kier molecular flexibility index (Phi) is 3.59. The van der Waals surface area contributed by atoms with Gasteiger partial charge in [0, 0.05) is 30.6 Å². The number of amides is 1. The summed E-state index contributed by atoms with van der Waals surface area (Å²) in [6.07, 6.45) is 0. The highest BCUT2D eigenvalue weighted by atomic mass is 32.1. The first-order chi connectivity index (χ1) is 9.65. The topological polar surface area (TPSA) is 32.3 Å². The van der Waals surface area contributed by atoms with E-state index in [0.29, 0.717) is 6.54 Å². The summed E-state index contributed by atoms with van der Waals surface area (Å²) in [5, 5.41) is 5.38. The van der Waals surface area contributed by atoms with Gasteiger partial charge in [-0.25, -0.2) is 0 Å². The highest BCUT2D eigenvalue weighted by Crippen LogP contribution is 2.20. The molecule has 0 bridgehead atoms. The molecule has 1 amide bonds. The summed E-state index contributed by atoms with van der Waals surface area (Å²) in [6, 6.07) is 8.12. The standard InChI is InChI=1S/C16H18N2OS/c1-11-5-6-20-15(11)10-18(2)16(19)12-3-4-13-8-17-9-14(13)7-12/h3-7,17H,8-10H2,1-2H3. The van der Waals surface area contributed by atoms with E-state index >= 15 is 0 Å². The predicted octanol–water partition coefficient (Wildman–Crippen LogP) is 2.93. The van der Waals surface area contributed by atoms with Crippen LogP contribution in [-0.2, 0) is 19.6 Å². The monoisotopic (exact) mass is 286 g/mol. The zero-order valence-electron chi connectivity index (χ0n) is 11.8. The molecule has 0 saturated carbocycles. The summed E-state index contributed by atoms with van der Waals surface area (Å²) in [7, 11) is 1.87. The molecule has 1 aromatic carbocycles. The summed E-state index contributed by atoms with van der Waals surface area (Å²) in [5.41, 5.74) is 4.59. The maximum atomic E-state index is 12.5. The molecule has 3 rings (SSSR count). The molecule has 2 aromatic rings. The van der Waals surface area contributed by atoms with Gasteiger partial charge in [0.1, 0.15) is 0 Å². The van der Waals surface area contributed by atoms with Gasteiger partial charge in [-0.05, 0) is 47.2 Å². The highest BCUT2D eigenvalue weighted by molar-refractivity contribution is 7.10. The number of nitrogens with one attached hydrogen (secondary N) is 1. The summed E-state index contributed by atoms with van der Waals surface area (Å²) in [6.45, 7) is 4.54. The zero-order valence-corrected chi connectivity index (χ0v) is 12.6. The lowest BCUT2D eigenvalue weighted by Crippen LogP contribution is -2.26. The van der Waals surface area contributed by atoms with Gasteiger partial charge < -0.3 is 10.2 Å². The van der Waals surface area contributed by atoms with E-state index < -0.39 is 0 Å². The molecule has 3 nitrogen and oxygen atoms in total. The number of fused-ring (bicyclic) bond motifs is 1. The summed E-state index contributed by atoms with van der Waals surface area (Å²) >= 11 is 1.71. The second kappa shape index (κ2) is 5.38. The minimum absolute atomic E-state index is 0.0903. The van der Waals surface area contributed by atoms with Gasteiger partial charge in [-0.15, -0.1) is 11.3 Å². The van der Waals surface area contributed by atoms with Crippen LogP contribution in [0.15, 0.2) is 29.6 Å². The Hall–Kier alpha value is -1.65. The van der Waals surface area contributed by atoms with Gasteiger partial charge in [-0.1, -0.05) is 6.07 Å². The van der Waals surface area contributed by atoms with Crippen molar-refractivity contribution < 1.29 is 4.79 Å². The highest BCUT2D eigenvalue weighted by Gasteiger charge is 2.17. The number of carbonyl (C=O) groups excluding carboxylic acids is 1. The molecule has 1 aliphatic heterocycles. The molecule has 0 spiro atoms. The average Bonchev–Trinajstić information content (AvgIpc) is 3.06. The van der Waals surface area contributed by atoms with E-state index in [4.69, 9.17) is 0 Å². The van der Waals surface area contributed by atoms with Crippen molar-refractivity contribution in [3.63, 3.8) is 0 Å². The van der Waals surface area contributed by atoms with Crippen molar-refractivity contribution in [2.24, 2.45) is 0 Å². The molecular weight excluding hydrogens is 268 g/mol. The third-order valence-electron chi connectivity index (χ3n) is 3.78. The van der Waals surface area contributed by atoms with Crippen LogP contribution in [-0.4, -0.2) is 17.9 Å². The summed E-state index contributed by atoms with van der Waals surface area (Å²) in [5.74, 6) is 0.0903. The molecule has 0 saturated heterocycles. The molecule has 1 N–H and O–H groups in total. The SMILES string of the molecule is Cc1ccsc1CN(C)C(=O)c1ccc2c(c1)CNC2. The fourth-order valence-corrected chi connectivity index (χ4v) is 3.46. The molecule has 0 aliphatic carbocycles. The fraction of sp³-hybridized carbons (Fsp3) is 0.312. The van der Waals surface area contributed by atoms with Gasteiger partial charge in [-0.3, -0.25) is 4.79 Å². The number of thiophene rings is 1. The summed E-state index contributed by atoms with van der Waals surface area (Å²) < 4.78 is 0. The largest absolute Gasteiger partial charge is 0.337 e. The van der Waals surface area contributed by atoms with Crippen LogP contribution in [0.4, 0.5) is 0 Å². The first-order valence-corrected chi connectivity index (χ1v) is 7.64. The smallest absolute Gasteiger partial charge is 0.253 e. The van der Waals surface area contributed by atoms with Crippen LogP contribution < -0.4 is 5.32 Å². The lowest BCUT2D eigenvalue weighted by Gasteiger charge is -2.17. The van der Waals surface area contributed by atoms with E-state index in [1.807, 2.05) is 19.2 Å². The Balaban J connectivity index is 1.76. The normalized spacial score (nSPS) is 13.3. The van der Waals surface area contributed by atoms with Crippen molar-refractivity contribution in [2.45, 2.75) is 26.6 Å². The molecule has 20 heavy (non-hydrogen) atoms. The quantitative estimate of drug-likeness (QED) is 0.941. The molecule has 2 heterocycles. The van der Waals surface area contributed by atoms with Crippen molar-refractivity contribution >= 4 is 17.2 Å². The van der Waals surface area contributed by atoms with Gasteiger partial charge in [0.25, 0.3) is 5.91 Å². The van der Waals surface area contributed by atoms with E-state index in [-0.39, 0.29) is 5.91 Å². The molecular formula is C16H18N2OS. The third-order valence-corrected chi connectivity index (χ3v) is 4.79. The lowest BCUT2D eigenvalue weighted by atomic mass is 10.1. The van der Waals surface area contributed by atoms with Gasteiger partial charge in [0.15, 0.2) is 0 Å². The van der Waals surface area contributed by atoms with Crippen molar-refractivity contribution in [1.82, 2.24) is 10.2 Å². The molecule has 0 radical (unpaired) electrons. The van der Waals surface area contributed by atoms with E-state index in [1.54, 1.807) is 16.2 Å². The minimum atomic E-state index is 0.0903. The average molecular weight is 286 g/mol. The number of carbonyl (C=O) groups is 1. The van der Waals surface area contributed by atoms with Crippen LogP contribution in [0.1, 0.15) is 31.9 Å². The minimum Gasteiger partial charge on any atom is -0.337 e. The Labute approximate surface area is 123 Å². The molecule has 0 atom stereocenters. The lowest BCUT2D eigenvalue weighted by molar-refractivity contribution is 0.0786. The summed E-state index contributed by atoms with van der Waals surface area (Å²) in [4.78, 5) is 15.5. The van der Waals surface area contributed by atoms with E-state index in [2.05, 4.69) is 29.8 Å². The number of hydrogen-bond donors (Lipinski definition) is 1. The van der Waals surface area contributed by atoms with Crippen LogP contribution in [0.25, 0.3) is 0 Å². The first-order valence-electron chi connectivity index (χ1n) is 6.76. The second-order valence-corrected chi connectivity index (χ2v) is 6.28. The van der Waals surface area contributed by atoms with Crippen LogP contribution >= 0.6 is 11.3 Å². The number of hydrogen-bond acceptors (Lipinski definition) is 3. The number of rotatable bonds is 3. The van der Waals surface area contributed by atoms with Crippen LogP contribution in [0.2, 0.25) is 0 Å². The van der Waals surface area contributed by atoms with Crippen LogP contribution in [0, 0.1) is 6.92 Å². The Morgan fingerprint density at radius 2 is 2.10 bits per heavy atom. The Bertz CT molecular complexity index is 648. The van der Waals surface area contributed by atoms with Gasteiger partial charge in [0.2, 0.25) is 0 Å². The van der Waals surface area contributed by atoms with Gasteiger partial charge >= 0.3 is 0 Å². The number of benzene rings is 1.